The van der Waals surface area contributed by atoms with Gasteiger partial charge in [-0.2, -0.15) is 0 Å². The van der Waals surface area contributed by atoms with E-state index in [2.05, 4.69) is 15.1 Å². The fraction of sp³-hybridized carbons (Fsp3) is 0.269. The lowest BCUT2D eigenvalue weighted by atomic mass is 10.0. The van der Waals surface area contributed by atoms with Crippen molar-refractivity contribution >= 4 is 17.3 Å². The number of nitrogens with one attached hydrogen (secondary N) is 1. The molecule has 1 aliphatic rings. The van der Waals surface area contributed by atoms with Crippen molar-refractivity contribution in [2.45, 2.75) is 13.0 Å². The van der Waals surface area contributed by atoms with E-state index in [1.165, 1.54) is 0 Å². The molecule has 0 spiro atoms. The molecule has 6 heteroatoms. The summed E-state index contributed by atoms with van der Waals surface area (Å²) in [4.78, 5) is 18.0. The highest BCUT2D eigenvalue weighted by molar-refractivity contribution is 5.97. The molecule has 2 N–H and O–H groups in total. The minimum atomic E-state index is -0.400. The van der Waals surface area contributed by atoms with E-state index in [-0.39, 0.29) is 11.7 Å². The van der Waals surface area contributed by atoms with Crippen molar-refractivity contribution in [1.82, 2.24) is 4.90 Å². The van der Waals surface area contributed by atoms with E-state index in [0.717, 1.165) is 43.0 Å². The summed E-state index contributed by atoms with van der Waals surface area (Å²) in [7, 11) is 1.61. The summed E-state index contributed by atoms with van der Waals surface area (Å²) in [6, 6.07) is 22.5. The van der Waals surface area contributed by atoms with E-state index in [9.17, 15) is 9.90 Å². The SMILES string of the molecule is COc1ccc(C)cc1NC(=O)[C@H](c1ccccc1)N1CCN(c2ccc(O)cc2)CC1. The zero-order valence-corrected chi connectivity index (χ0v) is 18.5. The molecule has 1 amide bonds. The largest absolute Gasteiger partial charge is 0.508 e. The van der Waals surface area contributed by atoms with Crippen LogP contribution in [0.3, 0.4) is 0 Å². The van der Waals surface area contributed by atoms with Crippen molar-refractivity contribution in [3.63, 3.8) is 0 Å². The quantitative estimate of drug-likeness (QED) is 0.612. The van der Waals surface area contributed by atoms with Crippen LogP contribution in [0.1, 0.15) is 17.2 Å². The molecule has 1 heterocycles. The van der Waals surface area contributed by atoms with Crippen LogP contribution in [0.5, 0.6) is 11.5 Å². The van der Waals surface area contributed by atoms with E-state index in [4.69, 9.17) is 4.74 Å². The van der Waals surface area contributed by atoms with Gasteiger partial charge in [0.05, 0.1) is 12.8 Å². The molecule has 0 aromatic heterocycles. The Morgan fingerprint density at radius 1 is 0.969 bits per heavy atom. The van der Waals surface area contributed by atoms with E-state index in [0.29, 0.717) is 11.4 Å². The fourth-order valence-corrected chi connectivity index (χ4v) is 4.19. The van der Waals surface area contributed by atoms with Gasteiger partial charge in [0.15, 0.2) is 0 Å². The topological polar surface area (TPSA) is 65.0 Å². The molecule has 3 aromatic carbocycles. The van der Waals surface area contributed by atoms with Crippen molar-refractivity contribution < 1.29 is 14.6 Å². The minimum Gasteiger partial charge on any atom is -0.508 e. The summed E-state index contributed by atoms with van der Waals surface area (Å²) >= 11 is 0. The van der Waals surface area contributed by atoms with Crippen molar-refractivity contribution in [2.75, 3.05) is 43.5 Å². The zero-order valence-electron chi connectivity index (χ0n) is 18.5. The number of hydrogen-bond acceptors (Lipinski definition) is 5. The maximum absolute atomic E-state index is 13.5. The van der Waals surface area contributed by atoms with Crippen LogP contribution in [0.25, 0.3) is 0 Å². The molecule has 0 unspecified atom stereocenters. The maximum atomic E-state index is 13.5. The lowest BCUT2D eigenvalue weighted by Crippen LogP contribution is -2.50. The number of aromatic hydroxyl groups is 1. The highest BCUT2D eigenvalue weighted by Gasteiger charge is 2.31. The second-order valence-corrected chi connectivity index (χ2v) is 8.05. The van der Waals surface area contributed by atoms with Crippen LogP contribution in [0.4, 0.5) is 11.4 Å². The second-order valence-electron chi connectivity index (χ2n) is 8.05. The lowest BCUT2D eigenvalue weighted by Gasteiger charge is -2.39. The van der Waals surface area contributed by atoms with Gasteiger partial charge in [-0.3, -0.25) is 9.69 Å². The van der Waals surface area contributed by atoms with Gasteiger partial charge in [-0.25, -0.2) is 0 Å². The third-order valence-corrected chi connectivity index (χ3v) is 5.87. The number of piperazine rings is 1. The Morgan fingerprint density at radius 3 is 2.31 bits per heavy atom. The number of nitrogens with zero attached hydrogens (tertiary/aromatic N) is 2. The Balaban J connectivity index is 1.54. The van der Waals surface area contributed by atoms with Gasteiger partial charge in [0.1, 0.15) is 17.5 Å². The molecule has 4 rings (SSSR count). The first-order chi connectivity index (χ1) is 15.5. The maximum Gasteiger partial charge on any atom is 0.246 e. The number of carbonyl (C=O) groups is 1. The summed E-state index contributed by atoms with van der Waals surface area (Å²) in [6.45, 7) is 5.09. The van der Waals surface area contributed by atoms with Crippen molar-refractivity contribution in [3.05, 3.63) is 83.9 Å². The number of phenols is 1. The molecular weight excluding hydrogens is 402 g/mol. The van der Waals surface area contributed by atoms with Gasteiger partial charge in [0.2, 0.25) is 5.91 Å². The van der Waals surface area contributed by atoms with Crippen LogP contribution in [0, 0.1) is 6.92 Å². The summed E-state index contributed by atoms with van der Waals surface area (Å²) in [5, 5.41) is 12.7. The second kappa shape index (κ2) is 9.75. The van der Waals surface area contributed by atoms with Gasteiger partial charge in [-0.15, -0.1) is 0 Å². The van der Waals surface area contributed by atoms with Gasteiger partial charge in [0, 0.05) is 31.9 Å². The van der Waals surface area contributed by atoms with Gasteiger partial charge < -0.3 is 20.1 Å². The van der Waals surface area contributed by atoms with Gasteiger partial charge >= 0.3 is 0 Å². The minimum absolute atomic E-state index is 0.0711. The third-order valence-electron chi connectivity index (χ3n) is 5.87. The van der Waals surface area contributed by atoms with E-state index in [1.807, 2.05) is 67.6 Å². The van der Waals surface area contributed by atoms with Crippen molar-refractivity contribution in [2.24, 2.45) is 0 Å². The van der Waals surface area contributed by atoms with Crippen molar-refractivity contribution in [3.8, 4) is 11.5 Å². The number of carbonyl (C=O) groups excluding carboxylic acids is 1. The third kappa shape index (κ3) is 4.86. The Hall–Kier alpha value is -3.51. The van der Waals surface area contributed by atoms with Gasteiger partial charge in [-0.1, -0.05) is 36.4 Å². The van der Waals surface area contributed by atoms with Crippen LogP contribution in [-0.2, 0) is 4.79 Å². The predicted molar refractivity (Wildman–Crippen MR) is 127 cm³/mol. The normalized spacial score (nSPS) is 15.2. The molecular formula is C26H29N3O3. The first-order valence-electron chi connectivity index (χ1n) is 10.8. The van der Waals surface area contributed by atoms with E-state index < -0.39 is 6.04 Å². The number of phenolic OH excluding ortho intramolecular Hbond substituents is 1. The number of anilines is 2. The molecule has 0 aliphatic carbocycles. The molecule has 0 radical (unpaired) electrons. The summed E-state index contributed by atoms with van der Waals surface area (Å²) in [5.41, 5.74) is 3.78. The number of amides is 1. The molecule has 1 atom stereocenters. The number of hydrogen-bond donors (Lipinski definition) is 2. The first kappa shape index (κ1) is 21.7. The Bertz CT molecular complexity index is 1050. The average Bonchev–Trinajstić information content (AvgIpc) is 2.81. The standard InChI is InChI=1S/C26H29N3O3/c1-19-8-13-24(32-2)23(18-19)27-26(31)25(20-6-4-3-5-7-20)29-16-14-28(15-17-29)21-9-11-22(30)12-10-21/h3-13,18,25,30H,14-17H2,1-2H3,(H,27,31)/t25-/m0/s1. The van der Waals surface area contributed by atoms with Crippen molar-refractivity contribution in [1.29, 1.82) is 0 Å². The summed E-state index contributed by atoms with van der Waals surface area (Å²) < 4.78 is 5.45. The zero-order chi connectivity index (χ0) is 22.5. The number of ether oxygens (including phenoxy) is 1. The van der Waals surface area contributed by atoms with Gasteiger partial charge in [0.25, 0.3) is 0 Å². The van der Waals surface area contributed by atoms with Gasteiger partial charge in [-0.05, 0) is 54.4 Å². The van der Waals surface area contributed by atoms with Crippen LogP contribution in [-0.4, -0.2) is 49.2 Å². The molecule has 0 bridgehead atoms. The first-order valence-corrected chi connectivity index (χ1v) is 10.8. The Kier molecular flexibility index (Phi) is 6.61. The number of benzene rings is 3. The summed E-state index contributed by atoms with van der Waals surface area (Å²) in [5.74, 6) is 0.839. The molecule has 1 aliphatic heterocycles. The highest BCUT2D eigenvalue weighted by atomic mass is 16.5. The average molecular weight is 432 g/mol. The Labute approximate surface area is 189 Å². The van der Waals surface area contributed by atoms with Crippen LogP contribution < -0.4 is 15.0 Å². The number of methoxy groups -OCH3 is 1. The Morgan fingerprint density at radius 2 is 1.66 bits per heavy atom. The van der Waals surface area contributed by atoms with E-state index in [1.54, 1.807) is 19.2 Å². The lowest BCUT2D eigenvalue weighted by molar-refractivity contribution is -0.121. The molecule has 6 nitrogen and oxygen atoms in total. The van der Waals surface area contributed by atoms with Crippen LogP contribution in [0.2, 0.25) is 0 Å². The smallest absolute Gasteiger partial charge is 0.246 e. The molecule has 1 saturated heterocycles. The number of aryl methyl sites for hydroxylation is 1. The molecule has 0 saturated carbocycles. The van der Waals surface area contributed by atoms with Crippen LogP contribution >= 0.6 is 0 Å². The molecule has 1 fully saturated rings. The summed E-state index contributed by atoms with van der Waals surface area (Å²) in [6.07, 6.45) is 0. The predicted octanol–water partition coefficient (Wildman–Crippen LogP) is 4.21. The highest BCUT2D eigenvalue weighted by Crippen LogP contribution is 2.30. The molecule has 3 aromatic rings. The molecule has 166 valence electrons. The van der Waals surface area contributed by atoms with E-state index >= 15 is 0 Å². The van der Waals surface area contributed by atoms with Crippen LogP contribution in [0.15, 0.2) is 72.8 Å². The molecule has 32 heavy (non-hydrogen) atoms. The number of rotatable bonds is 6. The fourth-order valence-electron chi connectivity index (χ4n) is 4.19. The monoisotopic (exact) mass is 431 g/mol.